The number of para-hydroxylation sites is 1. The van der Waals surface area contributed by atoms with E-state index in [-0.39, 0.29) is 0 Å². The van der Waals surface area contributed by atoms with Crippen LogP contribution in [0.2, 0.25) is 0 Å². The Bertz CT molecular complexity index is 313. The minimum absolute atomic E-state index is 0.758. The number of ether oxygens (including phenoxy) is 2. The van der Waals surface area contributed by atoms with Crippen molar-refractivity contribution in [2.24, 2.45) is 0 Å². The molecule has 0 heterocycles. The molecule has 16 heavy (non-hydrogen) atoms. The molecule has 2 nitrogen and oxygen atoms in total. The van der Waals surface area contributed by atoms with Gasteiger partial charge in [0, 0.05) is 24.6 Å². The summed E-state index contributed by atoms with van der Waals surface area (Å²) in [4.78, 5) is 0. The van der Waals surface area contributed by atoms with E-state index in [1.165, 1.54) is 11.1 Å². The summed E-state index contributed by atoms with van der Waals surface area (Å²) in [5.74, 6) is 1.02. The molecule has 1 rings (SSSR count). The molecule has 0 unspecified atom stereocenters. The van der Waals surface area contributed by atoms with Crippen molar-refractivity contribution in [1.82, 2.24) is 0 Å². The van der Waals surface area contributed by atoms with E-state index in [4.69, 9.17) is 9.47 Å². The van der Waals surface area contributed by atoms with Gasteiger partial charge in [-0.25, -0.2) is 0 Å². The van der Waals surface area contributed by atoms with Crippen molar-refractivity contribution < 1.29 is 9.47 Å². The maximum atomic E-state index is 5.82. The Morgan fingerprint density at radius 3 is 2.62 bits per heavy atom. The van der Waals surface area contributed by atoms with Gasteiger partial charge >= 0.3 is 0 Å². The van der Waals surface area contributed by atoms with Crippen molar-refractivity contribution in [3.8, 4) is 5.75 Å². The molecule has 0 atom stereocenters. The first kappa shape index (κ1) is 13.5. The summed E-state index contributed by atoms with van der Waals surface area (Å²) < 4.78 is 10.8. The zero-order valence-corrected chi connectivity index (χ0v) is 11.5. The van der Waals surface area contributed by atoms with Crippen LogP contribution in [0.5, 0.6) is 5.75 Å². The monoisotopic (exact) mass is 286 g/mol. The highest BCUT2D eigenvalue weighted by Gasteiger charge is 2.05. The molecule has 0 radical (unpaired) electrons. The van der Waals surface area contributed by atoms with Gasteiger partial charge in [-0.1, -0.05) is 34.1 Å². The highest BCUT2D eigenvalue weighted by molar-refractivity contribution is 9.08. The van der Waals surface area contributed by atoms with Crippen LogP contribution in [0.25, 0.3) is 0 Å². The Morgan fingerprint density at radius 2 is 1.94 bits per heavy atom. The zero-order valence-electron chi connectivity index (χ0n) is 9.96. The van der Waals surface area contributed by atoms with Crippen LogP contribution in [0.15, 0.2) is 18.2 Å². The number of hydrogen-bond donors (Lipinski definition) is 0. The molecule has 90 valence electrons. The van der Waals surface area contributed by atoms with Gasteiger partial charge in [-0.3, -0.25) is 0 Å². The van der Waals surface area contributed by atoms with E-state index < -0.39 is 0 Å². The van der Waals surface area contributed by atoms with Crippen LogP contribution in [0.1, 0.15) is 24.0 Å². The van der Waals surface area contributed by atoms with Crippen LogP contribution < -0.4 is 4.74 Å². The molecule has 0 saturated carbocycles. The molecule has 0 amide bonds. The van der Waals surface area contributed by atoms with Crippen LogP contribution in [0.3, 0.4) is 0 Å². The summed E-state index contributed by atoms with van der Waals surface area (Å²) in [6.45, 7) is 3.65. The summed E-state index contributed by atoms with van der Waals surface area (Å²) >= 11 is 3.48. The predicted octanol–water partition coefficient (Wildman–Crippen LogP) is 3.70. The normalized spacial score (nSPS) is 10.4. The first-order chi connectivity index (χ1) is 7.79. The Morgan fingerprint density at radius 1 is 1.19 bits per heavy atom. The van der Waals surface area contributed by atoms with Crippen molar-refractivity contribution in [3.05, 3.63) is 29.3 Å². The molecule has 0 aromatic heterocycles. The average Bonchev–Trinajstić information content (AvgIpc) is 2.30. The molecule has 0 aliphatic carbocycles. The van der Waals surface area contributed by atoms with E-state index in [1.54, 1.807) is 7.11 Å². The van der Waals surface area contributed by atoms with Gasteiger partial charge in [0.2, 0.25) is 0 Å². The summed E-state index contributed by atoms with van der Waals surface area (Å²) in [7, 11) is 1.73. The summed E-state index contributed by atoms with van der Waals surface area (Å²) in [5.41, 5.74) is 2.41. The van der Waals surface area contributed by atoms with Crippen molar-refractivity contribution in [1.29, 1.82) is 0 Å². The van der Waals surface area contributed by atoms with E-state index in [0.717, 1.165) is 37.1 Å². The number of benzene rings is 1. The van der Waals surface area contributed by atoms with Gasteiger partial charge < -0.3 is 9.47 Å². The van der Waals surface area contributed by atoms with Crippen LogP contribution >= 0.6 is 15.9 Å². The van der Waals surface area contributed by atoms with Gasteiger partial charge in [-0.05, 0) is 25.3 Å². The first-order valence-corrected chi connectivity index (χ1v) is 6.68. The van der Waals surface area contributed by atoms with Gasteiger partial charge in [-0.15, -0.1) is 0 Å². The highest BCUT2D eigenvalue weighted by Crippen LogP contribution is 2.25. The maximum Gasteiger partial charge on any atom is 0.126 e. The fourth-order valence-electron chi connectivity index (χ4n) is 1.55. The van der Waals surface area contributed by atoms with Crippen LogP contribution in [-0.4, -0.2) is 20.3 Å². The third kappa shape index (κ3) is 4.14. The maximum absolute atomic E-state index is 5.82. The van der Waals surface area contributed by atoms with Gasteiger partial charge in [0.15, 0.2) is 0 Å². The van der Waals surface area contributed by atoms with Crippen molar-refractivity contribution >= 4 is 15.9 Å². The molecule has 1 aromatic carbocycles. The predicted molar refractivity (Wildman–Crippen MR) is 70.4 cm³/mol. The van der Waals surface area contributed by atoms with E-state index in [9.17, 15) is 0 Å². The lowest BCUT2D eigenvalue weighted by Gasteiger charge is -2.12. The molecule has 3 heteroatoms. The van der Waals surface area contributed by atoms with E-state index in [2.05, 4.69) is 41.1 Å². The summed E-state index contributed by atoms with van der Waals surface area (Å²) in [5, 5.41) is 0.835. The number of methoxy groups -OCH3 is 1. The second-order valence-corrected chi connectivity index (χ2v) is 4.31. The van der Waals surface area contributed by atoms with E-state index >= 15 is 0 Å². The largest absolute Gasteiger partial charge is 0.493 e. The van der Waals surface area contributed by atoms with E-state index in [0.29, 0.717) is 0 Å². The van der Waals surface area contributed by atoms with Gasteiger partial charge in [0.1, 0.15) is 5.75 Å². The number of unbranched alkanes of at least 4 members (excludes halogenated alkanes) is 1. The molecule has 0 saturated heterocycles. The second kappa shape index (κ2) is 7.69. The molecule has 0 N–H and O–H groups in total. The number of hydrogen-bond acceptors (Lipinski definition) is 2. The Labute approximate surface area is 106 Å². The van der Waals surface area contributed by atoms with Crippen LogP contribution in [0.4, 0.5) is 0 Å². The molecule has 0 fully saturated rings. The minimum Gasteiger partial charge on any atom is -0.493 e. The first-order valence-electron chi connectivity index (χ1n) is 5.55. The van der Waals surface area contributed by atoms with Gasteiger partial charge in [0.25, 0.3) is 0 Å². The Hall–Kier alpha value is -0.540. The fourth-order valence-corrected chi connectivity index (χ4v) is 1.99. The minimum atomic E-state index is 0.758. The molecular weight excluding hydrogens is 268 g/mol. The molecule has 0 bridgehead atoms. The Kier molecular flexibility index (Phi) is 6.50. The zero-order chi connectivity index (χ0) is 11.8. The standard InChI is InChI=1S/C13H19BrO2/c1-11-6-5-7-12(10-14)13(11)16-9-4-3-8-15-2/h5-7H,3-4,8-10H2,1-2H3. The van der Waals surface area contributed by atoms with Crippen LogP contribution in [0, 0.1) is 6.92 Å². The van der Waals surface area contributed by atoms with Crippen molar-refractivity contribution in [2.75, 3.05) is 20.3 Å². The highest BCUT2D eigenvalue weighted by atomic mass is 79.9. The summed E-state index contributed by atoms with van der Waals surface area (Å²) in [6.07, 6.45) is 2.08. The number of alkyl halides is 1. The molecule has 1 aromatic rings. The lowest BCUT2D eigenvalue weighted by Crippen LogP contribution is -2.02. The smallest absolute Gasteiger partial charge is 0.126 e. The molecular formula is C13H19BrO2. The Balaban J connectivity index is 2.46. The van der Waals surface area contributed by atoms with Crippen LogP contribution in [-0.2, 0) is 10.1 Å². The van der Waals surface area contributed by atoms with E-state index in [1.807, 2.05) is 0 Å². The quantitative estimate of drug-likeness (QED) is 0.562. The second-order valence-electron chi connectivity index (χ2n) is 3.75. The van der Waals surface area contributed by atoms with Gasteiger partial charge in [0.05, 0.1) is 6.61 Å². The van der Waals surface area contributed by atoms with Crippen molar-refractivity contribution in [3.63, 3.8) is 0 Å². The lowest BCUT2D eigenvalue weighted by molar-refractivity contribution is 0.184. The molecule has 0 aliphatic rings. The SMILES string of the molecule is COCCCCOc1c(C)cccc1CBr. The number of rotatable bonds is 7. The number of aryl methyl sites for hydroxylation is 1. The van der Waals surface area contributed by atoms with Gasteiger partial charge in [-0.2, -0.15) is 0 Å². The fraction of sp³-hybridized carbons (Fsp3) is 0.538. The third-order valence-corrected chi connectivity index (χ3v) is 3.03. The van der Waals surface area contributed by atoms with Crippen molar-refractivity contribution in [2.45, 2.75) is 25.1 Å². The topological polar surface area (TPSA) is 18.5 Å². The molecule has 0 spiro atoms. The summed E-state index contributed by atoms with van der Waals surface area (Å²) in [6, 6.07) is 6.23. The lowest BCUT2D eigenvalue weighted by atomic mass is 10.1. The third-order valence-electron chi connectivity index (χ3n) is 2.43. The average molecular weight is 287 g/mol. The number of halogens is 1. The molecule has 0 aliphatic heterocycles.